The largest absolute Gasteiger partial charge is 0.354 e. The van der Waals surface area contributed by atoms with Gasteiger partial charge in [0.15, 0.2) is 5.96 Å². The van der Waals surface area contributed by atoms with Gasteiger partial charge < -0.3 is 16.0 Å². The Morgan fingerprint density at radius 2 is 1.97 bits per heavy atom. The van der Waals surface area contributed by atoms with Crippen LogP contribution in [0.4, 0.5) is 5.69 Å². The molecule has 1 amide bonds. The van der Waals surface area contributed by atoms with Crippen LogP contribution >= 0.6 is 35.3 Å². The number of likely N-dealkylation sites (tertiary alicyclic amines) is 1. The summed E-state index contributed by atoms with van der Waals surface area (Å²) in [4.78, 5) is 20.5. The third kappa shape index (κ3) is 7.74. The normalized spacial score (nSPS) is 16.2. The molecule has 2 heterocycles. The molecule has 8 heteroatoms. The van der Waals surface area contributed by atoms with E-state index in [1.807, 2.05) is 43.4 Å². The molecule has 0 spiro atoms. The highest BCUT2D eigenvalue weighted by atomic mass is 127. The second-order valence-electron chi connectivity index (χ2n) is 8.08. The van der Waals surface area contributed by atoms with E-state index in [-0.39, 0.29) is 35.8 Å². The Balaban J connectivity index is 0.00000363. The molecular formula is C24H36IN5OS. The molecule has 3 rings (SSSR count). The van der Waals surface area contributed by atoms with Crippen LogP contribution in [0.25, 0.3) is 0 Å². The maximum absolute atomic E-state index is 12.2. The monoisotopic (exact) mass is 569 g/mol. The van der Waals surface area contributed by atoms with E-state index in [9.17, 15) is 4.79 Å². The number of hydrogen-bond acceptors (Lipinski definition) is 4. The van der Waals surface area contributed by atoms with Gasteiger partial charge >= 0.3 is 0 Å². The van der Waals surface area contributed by atoms with Crippen molar-refractivity contribution >= 4 is 52.9 Å². The first-order valence-electron chi connectivity index (χ1n) is 11.2. The Kier molecular flexibility index (Phi) is 11.5. The number of anilines is 1. The average molecular weight is 570 g/mol. The fourth-order valence-corrected chi connectivity index (χ4v) is 4.61. The van der Waals surface area contributed by atoms with Gasteiger partial charge in [0, 0.05) is 36.6 Å². The smallest absolute Gasteiger partial charge is 0.227 e. The highest BCUT2D eigenvalue weighted by molar-refractivity contribution is 14.0. The van der Waals surface area contributed by atoms with E-state index in [4.69, 9.17) is 0 Å². The van der Waals surface area contributed by atoms with Gasteiger partial charge in [-0.1, -0.05) is 32.0 Å². The van der Waals surface area contributed by atoms with Crippen molar-refractivity contribution in [2.45, 2.75) is 45.7 Å². The van der Waals surface area contributed by atoms with E-state index >= 15 is 0 Å². The lowest BCUT2D eigenvalue weighted by atomic mass is 10.1. The first-order valence-corrected chi connectivity index (χ1v) is 12.1. The molecule has 2 atom stereocenters. The number of rotatable bonds is 9. The summed E-state index contributed by atoms with van der Waals surface area (Å²) < 4.78 is 0. The lowest BCUT2D eigenvalue weighted by Gasteiger charge is -2.27. The molecule has 2 aromatic rings. The number of hydrogen-bond donors (Lipinski definition) is 3. The number of halogens is 1. The van der Waals surface area contributed by atoms with Crippen LogP contribution < -0.4 is 16.0 Å². The minimum absolute atomic E-state index is 0. The molecule has 3 N–H and O–H groups in total. The maximum Gasteiger partial charge on any atom is 0.227 e. The summed E-state index contributed by atoms with van der Waals surface area (Å²) in [5.41, 5.74) is 1.93. The van der Waals surface area contributed by atoms with Crippen molar-refractivity contribution in [3.05, 3.63) is 52.2 Å². The third-order valence-corrected chi connectivity index (χ3v) is 6.83. The molecular weight excluding hydrogens is 533 g/mol. The van der Waals surface area contributed by atoms with Crippen molar-refractivity contribution in [1.29, 1.82) is 0 Å². The van der Waals surface area contributed by atoms with Crippen LogP contribution in [0.1, 0.15) is 49.6 Å². The van der Waals surface area contributed by atoms with Crippen molar-refractivity contribution in [2.75, 3.05) is 32.0 Å². The number of carbonyl (C=O) groups excluding carboxylic acids is 1. The second-order valence-corrected chi connectivity index (χ2v) is 9.06. The van der Waals surface area contributed by atoms with Crippen LogP contribution in [0, 0.1) is 5.92 Å². The van der Waals surface area contributed by atoms with Gasteiger partial charge in [-0.05, 0) is 61.5 Å². The van der Waals surface area contributed by atoms with Gasteiger partial charge in [-0.3, -0.25) is 14.7 Å². The number of nitrogens with one attached hydrogen (secondary N) is 3. The van der Waals surface area contributed by atoms with E-state index in [0.29, 0.717) is 12.6 Å². The Morgan fingerprint density at radius 3 is 2.62 bits per heavy atom. The predicted octanol–water partition coefficient (Wildman–Crippen LogP) is 4.85. The number of nitrogens with zero attached hydrogens (tertiary/aromatic N) is 2. The van der Waals surface area contributed by atoms with E-state index in [0.717, 1.165) is 43.3 Å². The Hall–Kier alpha value is -1.65. The van der Waals surface area contributed by atoms with Crippen molar-refractivity contribution in [2.24, 2.45) is 10.9 Å². The van der Waals surface area contributed by atoms with Crippen LogP contribution in [0.3, 0.4) is 0 Å². The molecule has 0 saturated carbocycles. The minimum Gasteiger partial charge on any atom is -0.354 e. The number of aliphatic imine (C=N–C) groups is 1. The Morgan fingerprint density at radius 1 is 1.19 bits per heavy atom. The topological polar surface area (TPSA) is 68.8 Å². The zero-order chi connectivity index (χ0) is 22.1. The summed E-state index contributed by atoms with van der Waals surface area (Å²) >= 11 is 1.82. The van der Waals surface area contributed by atoms with Gasteiger partial charge in [0.05, 0.1) is 6.04 Å². The predicted molar refractivity (Wildman–Crippen MR) is 146 cm³/mol. The lowest BCUT2D eigenvalue weighted by molar-refractivity contribution is -0.119. The second kappa shape index (κ2) is 13.8. The van der Waals surface area contributed by atoms with Crippen molar-refractivity contribution < 1.29 is 4.79 Å². The quantitative estimate of drug-likeness (QED) is 0.230. The van der Waals surface area contributed by atoms with Crippen LogP contribution in [-0.4, -0.2) is 43.4 Å². The molecule has 0 aliphatic carbocycles. The number of carbonyl (C=O) groups is 1. The molecule has 0 bridgehead atoms. The highest BCUT2D eigenvalue weighted by Gasteiger charge is 2.24. The fraction of sp³-hybridized carbons (Fsp3) is 0.500. The van der Waals surface area contributed by atoms with Crippen molar-refractivity contribution in [3.63, 3.8) is 0 Å². The van der Waals surface area contributed by atoms with E-state index in [2.05, 4.69) is 49.4 Å². The van der Waals surface area contributed by atoms with Gasteiger partial charge in [0.25, 0.3) is 0 Å². The average Bonchev–Trinajstić information content (AvgIpc) is 3.50. The standard InChI is InChI=1S/C24H35N5OS.HI/c1-4-18(2)23(30)28-20-10-7-9-19(15-20)16-26-24(25-3)27-17-21(22-11-8-14-31-22)29-12-5-6-13-29;/h7-11,14-15,18,21H,4-6,12-13,16-17H2,1-3H3,(H,28,30)(H2,25,26,27);1H. The zero-order valence-electron chi connectivity index (χ0n) is 19.3. The van der Waals surface area contributed by atoms with Gasteiger partial charge in [-0.2, -0.15) is 0 Å². The molecule has 1 aromatic carbocycles. The summed E-state index contributed by atoms with van der Waals surface area (Å²) in [6.07, 6.45) is 3.39. The van der Waals surface area contributed by atoms with Crippen LogP contribution in [0.2, 0.25) is 0 Å². The van der Waals surface area contributed by atoms with Crippen LogP contribution in [-0.2, 0) is 11.3 Å². The molecule has 2 unspecified atom stereocenters. The maximum atomic E-state index is 12.2. The SMILES string of the molecule is CCC(C)C(=O)Nc1cccc(CNC(=NC)NCC(c2cccs2)N2CCCC2)c1.I. The van der Waals surface area contributed by atoms with Crippen LogP contribution in [0.15, 0.2) is 46.8 Å². The first kappa shape index (κ1) is 26.6. The molecule has 1 aliphatic heterocycles. The molecule has 6 nitrogen and oxygen atoms in total. The molecule has 1 saturated heterocycles. The number of thiophene rings is 1. The lowest BCUT2D eigenvalue weighted by Crippen LogP contribution is -2.42. The molecule has 1 fully saturated rings. The highest BCUT2D eigenvalue weighted by Crippen LogP contribution is 2.27. The summed E-state index contributed by atoms with van der Waals surface area (Å²) in [7, 11) is 1.80. The summed E-state index contributed by atoms with van der Waals surface area (Å²) in [6, 6.07) is 12.7. The number of guanidine groups is 1. The van der Waals surface area contributed by atoms with Crippen molar-refractivity contribution in [1.82, 2.24) is 15.5 Å². The molecule has 176 valence electrons. The summed E-state index contributed by atoms with van der Waals surface area (Å²) in [5.74, 6) is 0.859. The zero-order valence-corrected chi connectivity index (χ0v) is 22.4. The fourth-order valence-electron chi connectivity index (χ4n) is 3.75. The number of benzene rings is 1. The van der Waals surface area contributed by atoms with E-state index in [1.54, 1.807) is 7.05 Å². The van der Waals surface area contributed by atoms with Crippen LogP contribution in [0.5, 0.6) is 0 Å². The Bertz CT molecular complexity index is 852. The first-order chi connectivity index (χ1) is 15.1. The van der Waals surface area contributed by atoms with E-state index in [1.165, 1.54) is 17.7 Å². The summed E-state index contributed by atoms with van der Waals surface area (Å²) in [5, 5.41) is 12.1. The van der Waals surface area contributed by atoms with Crippen molar-refractivity contribution in [3.8, 4) is 0 Å². The summed E-state index contributed by atoms with van der Waals surface area (Å²) in [6.45, 7) is 7.75. The molecule has 1 aromatic heterocycles. The van der Waals surface area contributed by atoms with Gasteiger partial charge in [-0.25, -0.2) is 0 Å². The molecule has 1 aliphatic rings. The van der Waals surface area contributed by atoms with Gasteiger partial charge in [0.2, 0.25) is 5.91 Å². The van der Waals surface area contributed by atoms with E-state index < -0.39 is 0 Å². The third-order valence-electron chi connectivity index (χ3n) is 5.85. The van der Waals surface area contributed by atoms with Gasteiger partial charge in [-0.15, -0.1) is 35.3 Å². The molecule has 32 heavy (non-hydrogen) atoms. The minimum atomic E-state index is 0. The number of amides is 1. The molecule has 0 radical (unpaired) electrons. The Labute approximate surface area is 213 Å². The van der Waals surface area contributed by atoms with Gasteiger partial charge in [0.1, 0.15) is 0 Å².